The predicted molar refractivity (Wildman–Crippen MR) is 89.9 cm³/mol. The van der Waals surface area contributed by atoms with E-state index >= 15 is 0 Å². The molecule has 0 spiro atoms. The highest BCUT2D eigenvalue weighted by molar-refractivity contribution is 6.91. The van der Waals surface area contributed by atoms with Gasteiger partial charge < -0.3 is 14.9 Å². The summed E-state index contributed by atoms with van der Waals surface area (Å²) in [4.78, 5) is 14.8. The highest BCUT2D eigenvalue weighted by atomic mass is 28.3. The van der Waals surface area contributed by atoms with Gasteiger partial charge in [-0.3, -0.25) is 4.79 Å². The number of hydrogen-bond donors (Lipinski definition) is 2. The highest BCUT2D eigenvalue weighted by Gasteiger charge is 2.47. The first-order valence-corrected chi connectivity index (χ1v) is 10.4. The van der Waals surface area contributed by atoms with Crippen LogP contribution in [0.2, 0.25) is 18.6 Å². The van der Waals surface area contributed by atoms with Crippen molar-refractivity contribution in [1.29, 1.82) is 0 Å². The molecule has 0 aliphatic carbocycles. The van der Waals surface area contributed by atoms with Gasteiger partial charge in [0.15, 0.2) is 0 Å². The third-order valence-corrected chi connectivity index (χ3v) is 8.32. The Bertz CT molecular complexity index is 573. The third-order valence-electron chi connectivity index (χ3n) is 4.17. The van der Waals surface area contributed by atoms with E-state index in [-0.39, 0.29) is 0 Å². The van der Waals surface area contributed by atoms with Crippen LogP contribution in [0, 0.1) is 0 Å². The molecule has 1 rings (SSSR count). The number of carbonyl (C=O) groups is 1. The number of carbonyl (C=O) groups excluding carboxylic acids is 1. The molecule has 2 N–H and O–H groups in total. The maximum absolute atomic E-state index is 12.1. The first-order chi connectivity index (χ1) is 10.8. The smallest absolute Gasteiger partial charge is 0.314 e. The van der Waals surface area contributed by atoms with Crippen molar-refractivity contribution in [2.45, 2.75) is 43.8 Å². The monoisotopic (exact) mass is 337 g/mol. The average Bonchev–Trinajstić information content (AvgIpc) is 2.54. The van der Waals surface area contributed by atoms with Crippen molar-refractivity contribution in [3.63, 3.8) is 0 Å². The molecule has 0 aliphatic heterocycles. The Morgan fingerprint density at radius 1 is 1.30 bits per heavy atom. The molecule has 4 atom stereocenters. The Morgan fingerprint density at radius 3 is 2.30 bits per heavy atom. The van der Waals surface area contributed by atoms with Crippen LogP contribution in [-0.2, 0) is 9.53 Å². The summed E-state index contributed by atoms with van der Waals surface area (Å²) in [6, 6.07) is 8.25. The average molecular weight is 337 g/mol. The molecule has 7 nitrogen and oxygen atoms in total. The van der Waals surface area contributed by atoms with E-state index in [4.69, 9.17) is 10.3 Å². The molecule has 0 unspecified atom stereocenters. The van der Waals surface area contributed by atoms with Gasteiger partial charge in [-0.1, -0.05) is 53.7 Å². The molecular weight excluding hydrogens is 314 g/mol. The first-order valence-electron chi connectivity index (χ1n) is 7.31. The molecule has 0 heterocycles. The Kier molecular flexibility index (Phi) is 6.77. The lowest BCUT2D eigenvalue weighted by Crippen LogP contribution is -2.57. The molecule has 0 radical (unpaired) electrons. The molecule has 0 fully saturated rings. The molecule has 0 saturated carbocycles. The maximum Gasteiger partial charge on any atom is 0.314 e. The van der Waals surface area contributed by atoms with Gasteiger partial charge in [0.2, 0.25) is 0 Å². The van der Waals surface area contributed by atoms with Gasteiger partial charge in [0.1, 0.15) is 6.04 Å². The number of esters is 1. The highest BCUT2D eigenvalue weighted by Crippen LogP contribution is 2.33. The summed E-state index contributed by atoms with van der Waals surface area (Å²) >= 11 is 0. The Hall–Kier alpha value is -1.86. The lowest BCUT2D eigenvalue weighted by molar-refractivity contribution is -0.143. The van der Waals surface area contributed by atoms with E-state index in [1.54, 1.807) is 0 Å². The van der Waals surface area contributed by atoms with Crippen molar-refractivity contribution in [3.05, 3.63) is 40.8 Å². The van der Waals surface area contributed by atoms with Crippen LogP contribution in [0.5, 0.6) is 0 Å². The lowest BCUT2D eigenvalue weighted by atomic mass is 10.1. The fraction of sp³-hybridized carbons (Fsp3) is 0.533. The molecule has 8 heteroatoms. The molecule has 23 heavy (non-hydrogen) atoms. The number of aliphatic hydroxyl groups is 2. The Morgan fingerprint density at radius 2 is 1.87 bits per heavy atom. The molecule has 0 bridgehead atoms. The van der Waals surface area contributed by atoms with Crippen LogP contribution in [0.3, 0.4) is 0 Å². The zero-order valence-corrected chi connectivity index (χ0v) is 14.7. The normalized spacial score (nSPS) is 16.6. The van der Waals surface area contributed by atoms with Crippen LogP contribution < -0.4 is 5.19 Å². The molecule has 0 amide bonds. The van der Waals surface area contributed by atoms with Crippen molar-refractivity contribution in [2.75, 3.05) is 7.11 Å². The third kappa shape index (κ3) is 4.32. The van der Waals surface area contributed by atoms with Crippen LogP contribution in [0.1, 0.15) is 6.92 Å². The second-order valence-electron chi connectivity index (χ2n) is 6.02. The predicted octanol–water partition coefficient (Wildman–Crippen LogP) is 1.57. The number of rotatable bonds is 7. The Balaban J connectivity index is 3.45. The second kappa shape index (κ2) is 8.12. The first kappa shape index (κ1) is 19.2. The topological polar surface area (TPSA) is 116 Å². The fourth-order valence-electron chi connectivity index (χ4n) is 2.81. The number of methoxy groups -OCH3 is 1. The van der Waals surface area contributed by atoms with Crippen molar-refractivity contribution >= 4 is 19.2 Å². The molecular formula is C15H23N3O4Si. The molecule has 0 saturated heterocycles. The van der Waals surface area contributed by atoms with Gasteiger partial charge >= 0.3 is 5.97 Å². The van der Waals surface area contributed by atoms with Crippen LogP contribution >= 0.6 is 0 Å². The van der Waals surface area contributed by atoms with Crippen molar-refractivity contribution in [2.24, 2.45) is 5.11 Å². The van der Waals surface area contributed by atoms with E-state index in [1.807, 2.05) is 43.4 Å². The minimum absolute atomic E-state index is 0.719. The van der Waals surface area contributed by atoms with E-state index in [2.05, 4.69) is 10.0 Å². The van der Waals surface area contributed by atoms with Gasteiger partial charge in [0, 0.05) is 10.5 Å². The van der Waals surface area contributed by atoms with Crippen molar-refractivity contribution < 1.29 is 19.7 Å². The van der Waals surface area contributed by atoms with Crippen LogP contribution in [0.25, 0.3) is 10.4 Å². The van der Waals surface area contributed by atoms with E-state index < -0.39 is 37.8 Å². The summed E-state index contributed by atoms with van der Waals surface area (Å²) < 4.78 is 4.73. The van der Waals surface area contributed by atoms with E-state index in [0.29, 0.717) is 0 Å². The molecule has 1 aromatic carbocycles. The van der Waals surface area contributed by atoms with E-state index in [0.717, 1.165) is 5.19 Å². The van der Waals surface area contributed by atoms with Crippen molar-refractivity contribution in [3.8, 4) is 0 Å². The van der Waals surface area contributed by atoms with Crippen LogP contribution in [0.4, 0.5) is 0 Å². The number of ether oxygens (including phenoxy) is 1. The maximum atomic E-state index is 12.1. The summed E-state index contributed by atoms with van der Waals surface area (Å²) in [6.45, 7) is 5.36. The number of hydrogen-bond acceptors (Lipinski definition) is 5. The molecule has 0 aliphatic rings. The number of benzene rings is 1. The standard InChI is InChI=1S/C15H23N3O4Si/c1-10(19)13(20)14(12(17-18-16)15(21)22-2)23(3,4)11-8-6-5-7-9-11/h5-10,12-14,19-20H,1-4H3/t10-,12-,13-,14-/m0/s1. The minimum Gasteiger partial charge on any atom is -0.469 e. The van der Waals surface area contributed by atoms with Crippen molar-refractivity contribution in [1.82, 2.24) is 0 Å². The lowest BCUT2D eigenvalue weighted by Gasteiger charge is -2.39. The van der Waals surface area contributed by atoms with Gasteiger partial charge in [-0.25, -0.2) is 0 Å². The summed E-state index contributed by atoms with van der Waals surface area (Å²) in [7, 11) is -1.29. The largest absolute Gasteiger partial charge is 0.469 e. The van der Waals surface area contributed by atoms with E-state index in [9.17, 15) is 15.0 Å². The summed E-state index contributed by atoms with van der Waals surface area (Å²) in [6.07, 6.45) is -2.29. The Labute approximate surface area is 136 Å². The van der Waals surface area contributed by atoms with Gasteiger partial charge in [-0.15, -0.1) is 0 Å². The summed E-state index contributed by atoms with van der Waals surface area (Å²) in [5.41, 5.74) is 8.08. The second-order valence-corrected chi connectivity index (χ2v) is 10.7. The minimum atomic E-state index is -2.49. The summed E-state index contributed by atoms with van der Waals surface area (Å²) in [5.74, 6) is -0.719. The SMILES string of the molecule is COC(=O)[C@@H](N=[N+]=[N-])[C@@H]([C@@H](O)[C@H](C)O)[Si](C)(C)c1ccccc1. The van der Waals surface area contributed by atoms with Crippen LogP contribution in [0.15, 0.2) is 35.4 Å². The van der Waals surface area contributed by atoms with Gasteiger partial charge in [-0.05, 0) is 12.5 Å². The number of nitrogens with zero attached hydrogens (tertiary/aromatic N) is 3. The number of aliphatic hydroxyl groups excluding tert-OH is 2. The molecule has 126 valence electrons. The number of azide groups is 1. The van der Waals surface area contributed by atoms with Gasteiger partial charge in [0.25, 0.3) is 0 Å². The van der Waals surface area contributed by atoms with E-state index in [1.165, 1.54) is 14.0 Å². The molecule has 1 aromatic rings. The zero-order chi connectivity index (χ0) is 17.6. The molecule has 0 aromatic heterocycles. The van der Waals surface area contributed by atoms with Crippen LogP contribution in [-0.4, -0.2) is 49.6 Å². The van der Waals surface area contributed by atoms with Gasteiger partial charge in [-0.2, -0.15) is 0 Å². The van der Waals surface area contributed by atoms with Gasteiger partial charge in [0.05, 0.1) is 27.4 Å². The fourth-order valence-corrected chi connectivity index (χ4v) is 6.37. The zero-order valence-electron chi connectivity index (χ0n) is 13.7. The summed E-state index contributed by atoms with van der Waals surface area (Å²) in [5, 5.41) is 24.9. The quantitative estimate of drug-likeness (QED) is 0.258.